The molecule has 4 aromatic heterocycles. The molecule has 0 aliphatic carbocycles. The number of methoxy groups -OCH3 is 1. The highest BCUT2D eigenvalue weighted by atomic mass is 16.7. The van der Waals surface area contributed by atoms with Crippen LogP contribution in [-0.4, -0.2) is 96.5 Å². The molecular formula is C60H50N12O6. The summed E-state index contributed by atoms with van der Waals surface area (Å²) < 4.78 is 25.6. The third-order valence-electron chi connectivity index (χ3n) is 13.1. The molecule has 18 heteroatoms. The molecule has 11 rings (SSSR count). The van der Waals surface area contributed by atoms with Crippen molar-refractivity contribution in [1.29, 1.82) is 10.5 Å². The molecule has 5 heterocycles. The summed E-state index contributed by atoms with van der Waals surface area (Å²) in [5.41, 5.74) is 7.02. The van der Waals surface area contributed by atoms with Gasteiger partial charge in [0, 0.05) is 32.0 Å². The van der Waals surface area contributed by atoms with Crippen LogP contribution in [0.4, 0.5) is 11.6 Å². The Hall–Kier alpha value is -10.1. The molecule has 1 aliphatic rings. The van der Waals surface area contributed by atoms with Crippen LogP contribution in [0.25, 0.3) is 22.3 Å². The fourth-order valence-corrected chi connectivity index (χ4v) is 9.31. The molecule has 10 aromatic rings. The molecule has 386 valence electrons. The third kappa shape index (κ3) is 11.7. The minimum Gasteiger partial charge on any atom is -0.452 e. The molecule has 1 saturated heterocycles. The fraction of sp³-hybridized carbons (Fsp3) is 0.167. The molecule has 1 fully saturated rings. The van der Waals surface area contributed by atoms with Gasteiger partial charge < -0.3 is 34.6 Å². The molecule has 4 atom stereocenters. The second kappa shape index (κ2) is 24.5. The minimum absolute atomic E-state index is 0.0147. The standard InChI is InChI=1S/C40H34N6O6.C20H16N6/c1-49-24-31-34(51-39(47)28-18-10-4-11-19-28)35(52-40(48)29-20-12-5-13-21-29)38(50-31)46-25-43-33-36(44-32(22-41)45-37(33)46)42-23-30(26-14-6-2-7-15-26)27-16-8-3-9-17-27;21-11-17-25-19(18-20(26-17)24-13-23-18)22-12-16(14-7-3-1-4-8-14)15-9-5-2-6-10-15/h2-21,25,30-31,34-35,38H,23-24H2,1H3,(H,42,44,45);1-10,13,16H,12H2,(H2,22,23,24,25,26)/t31-,34-,35-,38-;/m1./s1. The first kappa shape index (κ1) is 51.4. The summed E-state index contributed by atoms with van der Waals surface area (Å²) in [6.45, 7) is 1.08. The van der Waals surface area contributed by atoms with Gasteiger partial charge in [0.15, 0.2) is 46.9 Å². The van der Waals surface area contributed by atoms with Gasteiger partial charge in [0.05, 0.1) is 30.4 Å². The number of hydrogen-bond donors (Lipinski definition) is 3. The van der Waals surface area contributed by atoms with Gasteiger partial charge in [-0.1, -0.05) is 158 Å². The maximum atomic E-state index is 13.5. The second-order valence-corrected chi connectivity index (χ2v) is 17.9. The number of rotatable bonds is 17. The summed E-state index contributed by atoms with van der Waals surface area (Å²) in [5.74, 6) is -0.253. The molecule has 0 radical (unpaired) electrons. The fourth-order valence-electron chi connectivity index (χ4n) is 9.31. The SMILES string of the molecule is COC[C@H]1O[C@@H](n2cnc3c(NCC(c4ccccc4)c4ccccc4)nc(C#N)nc32)[C@H](OC(=O)c2ccccc2)[C@@H]1OC(=O)c1ccccc1.N#Cc1nc(NCC(c2ccccc2)c2ccccc2)c2[nH]cnc2n1. The van der Waals surface area contributed by atoms with Crippen LogP contribution < -0.4 is 10.6 Å². The van der Waals surface area contributed by atoms with Crippen LogP contribution in [0.1, 0.15) is 72.7 Å². The van der Waals surface area contributed by atoms with E-state index in [1.165, 1.54) is 24.6 Å². The average Bonchev–Trinajstić information content (AvgIpc) is 4.28. The second-order valence-electron chi connectivity index (χ2n) is 17.9. The zero-order valence-corrected chi connectivity index (χ0v) is 42.0. The van der Waals surface area contributed by atoms with E-state index in [9.17, 15) is 14.9 Å². The molecule has 0 unspecified atom stereocenters. The van der Waals surface area contributed by atoms with Crippen molar-refractivity contribution >= 4 is 45.9 Å². The first-order valence-electron chi connectivity index (χ1n) is 25.0. The number of nitrogens with one attached hydrogen (secondary N) is 3. The molecule has 3 N–H and O–H groups in total. The predicted molar refractivity (Wildman–Crippen MR) is 290 cm³/mol. The molecule has 0 saturated carbocycles. The van der Waals surface area contributed by atoms with Crippen molar-refractivity contribution in [2.24, 2.45) is 0 Å². The monoisotopic (exact) mass is 1030 g/mol. The van der Waals surface area contributed by atoms with Gasteiger partial charge >= 0.3 is 11.9 Å². The average molecular weight is 1040 g/mol. The van der Waals surface area contributed by atoms with E-state index in [1.54, 1.807) is 71.6 Å². The van der Waals surface area contributed by atoms with Gasteiger partial charge in [0.2, 0.25) is 11.6 Å². The van der Waals surface area contributed by atoms with E-state index < -0.39 is 36.5 Å². The van der Waals surface area contributed by atoms with Crippen LogP contribution in [0.15, 0.2) is 195 Å². The van der Waals surface area contributed by atoms with Crippen LogP contribution >= 0.6 is 0 Å². The van der Waals surface area contributed by atoms with E-state index in [-0.39, 0.29) is 35.7 Å². The topological polar surface area (TPSA) is 241 Å². The Morgan fingerprint density at radius 2 is 1.05 bits per heavy atom. The van der Waals surface area contributed by atoms with Crippen molar-refractivity contribution in [3.63, 3.8) is 0 Å². The third-order valence-corrected chi connectivity index (χ3v) is 13.1. The van der Waals surface area contributed by atoms with Crippen LogP contribution in [0.2, 0.25) is 0 Å². The van der Waals surface area contributed by atoms with Gasteiger partial charge in [-0.15, -0.1) is 0 Å². The molecule has 1 aliphatic heterocycles. The normalized spacial score (nSPS) is 15.7. The summed E-state index contributed by atoms with van der Waals surface area (Å²) in [5, 5.41) is 25.9. The smallest absolute Gasteiger partial charge is 0.338 e. The number of carbonyl (C=O) groups is 2. The number of fused-ring (bicyclic) bond motifs is 2. The number of carbonyl (C=O) groups excluding carboxylic acids is 2. The summed E-state index contributed by atoms with van der Waals surface area (Å²) in [6, 6.07) is 61.8. The van der Waals surface area contributed by atoms with Crippen LogP contribution in [-0.2, 0) is 18.9 Å². The molecular weight excluding hydrogens is 985 g/mol. The molecule has 0 bridgehead atoms. The zero-order valence-electron chi connectivity index (χ0n) is 42.0. The number of imidazole rings is 2. The number of nitriles is 2. The lowest BCUT2D eigenvalue weighted by Gasteiger charge is -2.25. The lowest BCUT2D eigenvalue weighted by molar-refractivity contribution is -0.0622. The van der Waals surface area contributed by atoms with Gasteiger partial charge in [0.1, 0.15) is 23.8 Å². The van der Waals surface area contributed by atoms with Crippen LogP contribution in [0.3, 0.4) is 0 Å². The minimum atomic E-state index is -1.17. The molecule has 6 aromatic carbocycles. The quantitative estimate of drug-likeness (QED) is 0.0720. The Morgan fingerprint density at radius 3 is 1.54 bits per heavy atom. The van der Waals surface area contributed by atoms with Crippen molar-refractivity contribution in [3.8, 4) is 12.1 Å². The van der Waals surface area contributed by atoms with Gasteiger partial charge in [-0.25, -0.2) is 19.6 Å². The van der Waals surface area contributed by atoms with Crippen molar-refractivity contribution in [2.75, 3.05) is 37.4 Å². The maximum absolute atomic E-state index is 13.5. The van der Waals surface area contributed by atoms with Gasteiger partial charge in [-0.2, -0.15) is 30.5 Å². The van der Waals surface area contributed by atoms with E-state index in [4.69, 9.17) is 24.2 Å². The first-order valence-corrected chi connectivity index (χ1v) is 25.0. The first-order chi connectivity index (χ1) is 38.4. The van der Waals surface area contributed by atoms with E-state index in [0.717, 1.165) is 11.1 Å². The largest absolute Gasteiger partial charge is 0.452 e. The number of hydrogen-bond acceptors (Lipinski definition) is 16. The number of aromatic nitrogens is 8. The van der Waals surface area contributed by atoms with Gasteiger partial charge in [-0.05, 0) is 46.5 Å². The van der Waals surface area contributed by atoms with Crippen molar-refractivity contribution in [2.45, 2.75) is 36.4 Å². The molecule has 78 heavy (non-hydrogen) atoms. The summed E-state index contributed by atoms with van der Waals surface area (Å²) >= 11 is 0. The number of anilines is 2. The summed E-state index contributed by atoms with van der Waals surface area (Å²) in [6.07, 6.45) is -1.15. The Morgan fingerprint density at radius 1 is 0.603 bits per heavy atom. The Labute approximate surface area is 448 Å². The number of aromatic amines is 1. The molecule has 0 spiro atoms. The lowest BCUT2D eigenvalue weighted by Crippen LogP contribution is -2.41. The highest BCUT2D eigenvalue weighted by molar-refractivity contribution is 5.90. The van der Waals surface area contributed by atoms with Gasteiger partial charge in [-0.3, -0.25) is 4.57 Å². The highest BCUT2D eigenvalue weighted by Crippen LogP contribution is 2.38. The lowest BCUT2D eigenvalue weighted by atomic mass is 9.91. The Balaban J connectivity index is 0.000000221. The number of nitrogens with zero attached hydrogens (tertiary/aromatic N) is 9. The zero-order chi connectivity index (χ0) is 53.6. The highest BCUT2D eigenvalue weighted by Gasteiger charge is 2.51. The maximum Gasteiger partial charge on any atom is 0.338 e. The molecule has 18 nitrogen and oxygen atoms in total. The van der Waals surface area contributed by atoms with Crippen molar-refractivity contribution in [3.05, 3.63) is 240 Å². The van der Waals surface area contributed by atoms with Gasteiger partial charge in [0.25, 0.3) is 0 Å². The van der Waals surface area contributed by atoms with E-state index in [2.05, 4.69) is 94.1 Å². The summed E-state index contributed by atoms with van der Waals surface area (Å²) in [4.78, 5) is 56.1. The van der Waals surface area contributed by atoms with E-state index >= 15 is 0 Å². The van der Waals surface area contributed by atoms with Crippen molar-refractivity contribution < 1.29 is 28.5 Å². The molecule has 0 amide bonds. The van der Waals surface area contributed by atoms with E-state index in [0.29, 0.717) is 52.5 Å². The van der Waals surface area contributed by atoms with Crippen molar-refractivity contribution in [1.82, 2.24) is 39.5 Å². The number of esters is 2. The summed E-state index contributed by atoms with van der Waals surface area (Å²) in [7, 11) is 1.49. The number of ether oxygens (including phenoxy) is 4. The van der Waals surface area contributed by atoms with Crippen LogP contribution in [0, 0.1) is 22.7 Å². The Bertz CT molecular complexity index is 3610. The van der Waals surface area contributed by atoms with E-state index in [1.807, 2.05) is 84.9 Å². The van der Waals surface area contributed by atoms with Crippen LogP contribution in [0.5, 0.6) is 0 Å². The number of benzene rings is 6. The predicted octanol–water partition coefficient (Wildman–Crippen LogP) is 9.41. The Kier molecular flexibility index (Phi) is 16.1. The number of H-pyrrole nitrogens is 1.